The van der Waals surface area contributed by atoms with Gasteiger partial charge in [0.25, 0.3) is 5.91 Å². The van der Waals surface area contributed by atoms with E-state index in [9.17, 15) is 9.18 Å². The van der Waals surface area contributed by atoms with E-state index in [1.807, 2.05) is 53.4 Å². The van der Waals surface area contributed by atoms with Crippen LogP contribution in [0.2, 0.25) is 15.1 Å². The van der Waals surface area contributed by atoms with Gasteiger partial charge in [0.15, 0.2) is 5.75 Å². The fraction of sp³-hybridized carbons (Fsp3) is 0.300. The molecule has 5 nitrogen and oxygen atoms in total. The van der Waals surface area contributed by atoms with Crippen LogP contribution in [-0.2, 0) is 11.3 Å². The van der Waals surface area contributed by atoms with Crippen molar-refractivity contribution in [2.24, 2.45) is 0 Å². The van der Waals surface area contributed by atoms with E-state index in [4.69, 9.17) is 44.3 Å². The first-order chi connectivity index (χ1) is 18.9. The van der Waals surface area contributed by atoms with Crippen LogP contribution in [0.5, 0.6) is 11.5 Å². The molecule has 9 heteroatoms. The molecule has 1 fully saturated rings. The second kappa shape index (κ2) is 12.6. The molecule has 0 spiro atoms. The van der Waals surface area contributed by atoms with Crippen molar-refractivity contribution in [1.29, 1.82) is 0 Å². The average molecular weight is 590 g/mol. The van der Waals surface area contributed by atoms with Crippen LogP contribution >= 0.6 is 34.8 Å². The average Bonchev–Trinajstić information content (AvgIpc) is 3.76. The molecule has 204 valence electrons. The largest absolute Gasteiger partial charge is 0.490 e. The van der Waals surface area contributed by atoms with E-state index >= 15 is 0 Å². The number of nitrogens with zero attached hydrogens (tertiary/aromatic N) is 1. The van der Waals surface area contributed by atoms with Crippen molar-refractivity contribution in [3.05, 3.63) is 98.2 Å². The highest BCUT2D eigenvalue weighted by Gasteiger charge is 2.35. The third-order valence-electron chi connectivity index (χ3n) is 6.73. The summed E-state index contributed by atoms with van der Waals surface area (Å²) in [7, 11) is 0. The van der Waals surface area contributed by atoms with E-state index in [2.05, 4.69) is 5.32 Å². The Morgan fingerprint density at radius 3 is 2.38 bits per heavy atom. The number of carbonyl (C=O) groups excluding carboxylic acids is 1. The van der Waals surface area contributed by atoms with Gasteiger partial charge in [-0.2, -0.15) is 0 Å². The lowest BCUT2D eigenvalue weighted by Crippen LogP contribution is -2.39. The van der Waals surface area contributed by atoms with Gasteiger partial charge in [-0.15, -0.1) is 0 Å². The fourth-order valence-corrected chi connectivity index (χ4v) is 5.47. The first-order valence-electron chi connectivity index (χ1n) is 12.9. The minimum Gasteiger partial charge on any atom is -0.490 e. The maximum atomic E-state index is 13.8. The van der Waals surface area contributed by atoms with Gasteiger partial charge < -0.3 is 19.7 Å². The third kappa shape index (κ3) is 7.06. The lowest BCUT2D eigenvalue weighted by molar-refractivity contribution is -0.128. The molecule has 0 radical (unpaired) electrons. The van der Waals surface area contributed by atoms with Gasteiger partial charge in [0.1, 0.15) is 24.8 Å². The summed E-state index contributed by atoms with van der Waals surface area (Å²) < 4.78 is 24.7. The number of nitrogens with one attached hydrogen (secondary N) is 1. The highest BCUT2D eigenvalue weighted by atomic mass is 35.5. The lowest BCUT2D eigenvalue weighted by Gasteiger charge is -2.28. The quantitative estimate of drug-likeness (QED) is 0.255. The molecule has 3 aromatic carbocycles. The normalized spacial score (nSPS) is 15.3. The van der Waals surface area contributed by atoms with Crippen molar-refractivity contribution in [3.8, 4) is 11.5 Å². The molecule has 39 heavy (non-hydrogen) atoms. The van der Waals surface area contributed by atoms with Crippen LogP contribution in [0.3, 0.4) is 0 Å². The fourth-order valence-electron chi connectivity index (χ4n) is 4.69. The first kappa shape index (κ1) is 27.8. The van der Waals surface area contributed by atoms with Gasteiger partial charge in [0.05, 0.1) is 10.0 Å². The Morgan fingerprint density at radius 1 is 0.974 bits per heavy atom. The topological polar surface area (TPSA) is 50.8 Å². The molecule has 1 N–H and O–H groups in total. The molecule has 1 aliphatic carbocycles. The molecule has 1 saturated carbocycles. The summed E-state index contributed by atoms with van der Waals surface area (Å²) in [6.07, 6.45) is 2.82. The summed E-state index contributed by atoms with van der Waals surface area (Å²) in [6.45, 7) is 2.33. The van der Waals surface area contributed by atoms with Crippen molar-refractivity contribution < 1.29 is 18.7 Å². The molecule has 1 aliphatic heterocycles. The Morgan fingerprint density at radius 2 is 1.69 bits per heavy atom. The molecule has 0 aromatic heterocycles. The molecule has 2 aliphatic rings. The van der Waals surface area contributed by atoms with Crippen LogP contribution in [0.25, 0.3) is 5.57 Å². The SMILES string of the molecule is O=C(C1=C(c2ccc(OCCOc3c(Cl)cc(F)cc3Cl)cc2)CCNC1)N(Cc1cccc(Cl)c1)C1CC1. The minimum atomic E-state index is -0.524. The standard InChI is InChI=1S/C30H28Cl3FN2O3/c31-21-3-1-2-19(14-21)18-36(23-6-7-23)30(37)26-17-35-11-10-25(26)20-4-8-24(9-5-20)38-12-13-39-29-27(32)15-22(34)16-28(29)33/h1-5,8-9,14-16,23,35H,6-7,10-13,17-18H2. The van der Waals surface area contributed by atoms with Crippen LogP contribution in [-0.4, -0.2) is 43.2 Å². The van der Waals surface area contributed by atoms with Crippen LogP contribution in [0.15, 0.2) is 66.2 Å². The van der Waals surface area contributed by atoms with Crippen molar-refractivity contribution in [2.45, 2.75) is 31.8 Å². The molecule has 0 unspecified atom stereocenters. The molecular weight excluding hydrogens is 562 g/mol. The molecule has 0 saturated heterocycles. The third-order valence-corrected chi connectivity index (χ3v) is 7.53. The second-order valence-electron chi connectivity index (χ2n) is 9.60. The highest BCUT2D eigenvalue weighted by Crippen LogP contribution is 2.35. The van der Waals surface area contributed by atoms with Gasteiger partial charge in [0.2, 0.25) is 0 Å². The molecule has 1 heterocycles. The summed E-state index contributed by atoms with van der Waals surface area (Å²) >= 11 is 18.2. The number of amides is 1. The van der Waals surface area contributed by atoms with Crippen molar-refractivity contribution in [3.63, 3.8) is 0 Å². The van der Waals surface area contributed by atoms with Gasteiger partial charge >= 0.3 is 0 Å². The number of hydrogen-bond acceptors (Lipinski definition) is 4. The van der Waals surface area contributed by atoms with Crippen LogP contribution < -0.4 is 14.8 Å². The molecule has 3 aromatic rings. The van der Waals surface area contributed by atoms with Gasteiger partial charge in [-0.25, -0.2) is 4.39 Å². The summed E-state index contributed by atoms with van der Waals surface area (Å²) in [5, 5.41) is 4.26. The maximum absolute atomic E-state index is 13.8. The van der Waals surface area contributed by atoms with Gasteiger partial charge in [-0.3, -0.25) is 4.79 Å². The molecule has 0 bridgehead atoms. The van der Waals surface area contributed by atoms with Gasteiger partial charge in [-0.1, -0.05) is 59.1 Å². The number of benzene rings is 3. The Kier molecular flexibility index (Phi) is 8.98. The zero-order chi connectivity index (χ0) is 27.4. The highest BCUT2D eigenvalue weighted by molar-refractivity contribution is 6.37. The summed E-state index contributed by atoms with van der Waals surface area (Å²) in [4.78, 5) is 15.8. The minimum absolute atomic E-state index is 0.0789. The Balaban J connectivity index is 1.25. The Bertz CT molecular complexity index is 1350. The number of rotatable bonds is 10. The number of carbonyl (C=O) groups is 1. The van der Waals surface area contributed by atoms with Crippen molar-refractivity contribution in [1.82, 2.24) is 10.2 Å². The maximum Gasteiger partial charge on any atom is 0.251 e. The molecule has 5 rings (SSSR count). The smallest absolute Gasteiger partial charge is 0.251 e. The van der Waals surface area contributed by atoms with Crippen LogP contribution in [0.1, 0.15) is 30.4 Å². The van der Waals surface area contributed by atoms with E-state index in [0.29, 0.717) is 23.9 Å². The lowest BCUT2D eigenvalue weighted by atomic mass is 9.93. The summed E-state index contributed by atoms with van der Waals surface area (Å²) in [6, 6.07) is 18.0. The van der Waals surface area contributed by atoms with E-state index in [0.717, 1.165) is 60.2 Å². The zero-order valence-corrected chi connectivity index (χ0v) is 23.5. The number of halogens is 4. The van der Waals surface area contributed by atoms with E-state index in [1.54, 1.807) is 0 Å². The van der Waals surface area contributed by atoms with Gasteiger partial charge in [0, 0.05) is 29.7 Å². The molecular formula is C30H28Cl3FN2O3. The Labute approximate surface area is 242 Å². The van der Waals surface area contributed by atoms with E-state index in [1.165, 1.54) is 0 Å². The monoisotopic (exact) mass is 588 g/mol. The number of hydrogen-bond donors (Lipinski definition) is 1. The van der Waals surface area contributed by atoms with Crippen LogP contribution in [0.4, 0.5) is 4.39 Å². The summed E-state index contributed by atoms with van der Waals surface area (Å²) in [5.41, 5.74) is 3.91. The number of ether oxygens (including phenoxy) is 2. The molecule has 0 atom stereocenters. The van der Waals surface area contributed by atoms with Crippen molar-refractivity contribution in [2.75, 3.05) is 26.3 Å². The van der Waals surface area contributed by atoms with Crippen molar-refractivity contribution >= 4 is 46.3 Å². The zero-order valence-electron chi connectivity index (χ0n) is 21.2. The van der Waals surface area contributed by atoms with Gasteiger partial charge in [-0.05, 0) is 78.9 Å². The predicted octanol–water partition coefficient (Wildman–Crippen LogP) is 7.18. The second-order valence-corrected chi connectivity index (χ2v) is 10.8. The Hall–Kier alpha value is -2.77. The first-order valence-corrected chi connectivity index (χ1v) is 14.0. The summed E-state index contributed by atoms with van der Waals surface area (Å²) in [5.74, 6) is 0.449. The van der Waals surface area contributed by atoms with E-state index < -0.39 is 5.82 Å². The predicted molar refractivity (Wildman–Crippen MR) is 153 cm³/mol. The van der Waals surface area contributed by atoms with E-state index in [-0.39, 0.29) is 41.0 Å². The van der Waals surface area contributed by atoms with Crippen LogP contribution in [0, 0.1) is 5.82 Å². The molecule has 1 amide bonds.